The van der Waals surface area contributed by atoms with E-state index in [1.807, 2.05) is 28.9 Å². The zero-order valence-corrected chi connectivity index (χ0v) is 19.3. The Labute approximate surface area is 201 Å². The molecule has 4 aromatic rings. The molecule has 0 saturated carbocycles. The summed E-state index contributed by atoms with van der Waals surface area (Å²) in [4.78, 5) is 23.4. The Balaban J connectivity index is 1.77. The van der Waals surface area contributed by atoms with Crippen molar-refractivity contribution in [1.29, 1.82) is 0 Å². The van der Waals surface area contributed by atoms with Crippen molar-refractivity contribution >= 4 is 23.5 Å². The summed E-state index contributed by atoms with van der Waals surface area (Å²) in [5, 5.41) is 16.8. The van der Waals surface area contributed by atoms with E-state index in [9.17, 15) is 14.7 Å². The Morgan fingerprint density at radius 2 is 1.76 bits per heavy atom. The molecule has 0 spiro atoms. The standard InChI is InChI=1S/C26H22ClN3O4/c1-28-25(31)19-11-16(12-20(27)13-19)15-30-24(9-10-29-30)23-14-21(34-2)7-8-22(23)17-3-5-18(6-4-17)26(32)33/h3-14H,15H2,1-2H3,(H,28,31)(H,32,33). The predicted octanol–water partition coefficient (Wildman–Crippen LogP) is 4.99. The number of aromatic nitrogens is 2. The number of nitrogens with zero attached hydrogens (tertiary/aromatic N) is 2. The highest BCUT2D eigenvalue weighted by Gasteiger charge is 2.15. The van der Waals surface area contributed by atoms with Crippen molar-refractivity contribution in [1.82, 2.24) is 15.1 Å². The number of aromatic carboxylic acids is 1. The number of carboxylic acids is 1. The molecule has 7 nitrogen and oxygen atoms in total. The SMILES string of the molecule is CNC(=O)c1cc(Cl)cc(Cn2nccc2-c2cc(OC)ccc2-c2ccc(C(=O)O)cc2)c1. The fraction of sp³-hybridized carbons (Fsp3) is 0.115. The van der Waals surface area contributed by atoms with E-state index in [1.165, 1.54) is 0 Å². The lowest BCUT2D eigenvalue weighted by Gasteiger charge is -2.15. The van der Waals surface area contributed by atoms with Gasteiger partial charge >= 0.3 is 5.97 Å². The third-order valence-electron chi connectivity index (χ3n) is 5.44. The van der Waals surface area contributed by atoms with Crippen LogP contribution in [0.2, 0.25) is 5.02 Å². The van der Waals surface area contributed by atoms with Gasteiger partial charge in [0.15, 0.2) is 0 Å². The smallest absolute Gasteiger partial charge is 0.335 e. The summed E-state index contributed by atoms with van der Waals surface area (Å²) < 4.78 is 7.28. The van der Waals surface area contributed by atoms with Crippen LogP contribution >= 0.6 is 11.6 Å². The van der Waals surface area contributed by atoms with Gasteiger partial charge in [0.1, 0.15) is 5.75 Å². The van der Waals surface area contributed by atoms with Gasteiger partial charge < -0.3 is 15.2 Å². The summed E-state index contributed by atoms with van der Waals surface area (Å²) in [6.45, 7) is 0.390. The Kier molecular flexibility index (Phi) is 6.65. The first kappa shape index (κ1) is 23.1. The lowest BCUT2D eigenvalue weighted by Crippen LogP contribution is -2.18. The molecule has 1 aromatic heterocycles. The zero-order chi connectivity index (χ0) is 24.2. The zero-order valence-electron chi connectivity index (χ0n) is 18.6. The molecule has 0 aliphatic heterocycles. The number of amides is 1. The maximum absolute atomic E-state index is 12.1. The number of methoxy groups -OCH3 is 1. The molecule has 8 heteroatoms. The third kappa shape index (κ3) is 4.79. The second-order valence-corrected chi connectivity index (χ2v) is 8.03. The van der Waals surface area contributed by atoms with Crippen molar-refractivity contribution in [3.8, 4) is 28.1 Å². The second kappa shape index (κ2) is 9.80. The van der Waals surface area contributed by atoms with Gasteiger partial charge in [-0.25, -0.2) is 4.79 Å². The maximum atomic E-state index is 12.1. The van der Waals surface area contributed by atoms with Gasteiger partial charge in [-0.2, -0.15) is 5.10 Å². The average Bonchev–Trinajstić information content (AvgIpc) is 3.30. The minimum atomic E-state index is -0.975. The van der Waals surface area contributed by atoms with Crippen molar-refractivity contribution in [2.75, 3.05) is 14.2 Å². The normalized spacial score (nSPS) is 10.7. The van der Waals surface area contributed by atoms with Crippen molar-refractivity contribution < 1.29 is 19.4 Å². The van der Waals surface area contributed by atoms with Crippen LogP contribution < -0.4 is 10.1 Å². The molecule has 0 unspecified atom stereocenters. The Bertz CT molecular complexity index is 1360. The lowest BCUT2D eigenvalue weighted by molar-refractivity contribution is 0.0696. The number of halogens is 1. The molecule has 34 heavy (non-hydrogen) atoms. The molecule has 0 bridgehead atoms. The number of benzene rings is 3. The van der Waals surface area contributed by atoms with E-state index in [1.54, 1.807) is 62.8 Å². The molecule has 0 radical (unpaired) electrons. The molecule has 4 rings (SSSR count). The number of ether oxygens (including phenoxy) is 1. The quantitative estimate of drug-likeness (QED) is 0.393. The number of carbonyl (C=O) groups is 2. The van der Waals surface area contributed by atoms with Crippen molar-refractivity contribution in [3.63, 3.8) is 0 Å². The first-order valence-electron chi connectivity index (χ1n) is 10.4. The van der Waals surface area contributed by atoms with Crippen LogP contribution in [0.15, 0.2) is 72.9 Å². The van der Waals surface area contributed by atoms with Crippen LogP contribution in [0.1, 0.15) is 26.3 Å². The van der Waals surface area contributed by atoms with Gasteiger partial charge in [-0.15, -0.1) is 0 Å². The van der Waals surface area contributed by atoms with Crippen LogP contribution in [0.3, 0.4) is 0 Å². The van der Waals surface area contributed by atoms with Crippen LogP contribution in [-0.4, -0.2) is 40.9 Å². The van der Waals surface area contributed by atoms with Crippen molar-refractivity contribution in [3.05, 3.63) is 94.6 Å². The molecule has 0 saturated heterocycles. The van der Waals surface area contributed by atoms with Crippen LogP contribution in [0.5, 0.6) is 5.75 Å². The summed E-state index contributed by atoms with van der Waals surface area (Å²) in [7, 11) is 3.17. The van der Waals surface area contributed by atoms with Gasteiger partial charge in [0, 0.05) is 29.4 Å². The van der Waals surface area contributed by atoms with Gasteiger partial charge in [0.2, 0.25) is 0 Å². The Morgan fingerprint density at radius 3 is 2.44 bits per heavy atom. The number of carboxylic acid groups (broad SMARTS) is 1. The topological polar surface area (TPSA) is 93.5 Å². The van der Waals surface area contributed by atoms with Crippen molar-refractivity contribution in [2.45, 2.75) is 6.54 Å². The largest absolute Gasteiger partial charge is 0.497 e. The van der Waals surface area contributed by atoms with Crippen LogP contribution in [-0.2, 0) is 6.54 Å². The average molecular weight is 476 g/mol. The highest BCUT2D eigenvalue weighted by Crippen LogP contribution is 2.35. The Morgan fingerprint density at radius 1 is 1.00 bits per heavy atom. The third-order valence-corrected chi connectivity index (χ3v) is 5.66. The van der Waals surface area contributed by atoms with E-state index >= 15 is 0 Å². The number of rotatable bonds is 7. The van der Waals surface area contributed by atoms with E-state index in [0.29, 0.717) is 22.9 Å². The van der Waals surface area contributed by atoms with Gasteiger partial charge in [0.05, 0.1) is 24.9 Å². The van der Waals surface area contributed by atoms with Crippen LogP contribution in [0.25, 0.3) is 22.4 Å². The van der Waals surface area contributed by atoms with Crippen LogP contribution in [0, 0.1) is 0 Å². The van der Waals surface area contributed by atoms with E-state index in [4.69, 9.17) is 16.3 Å². The molecule has 2 N–H and O–H groups in total. The fourth-order valence-corrected chi connectivity index (χ4v) is 4.04. The van der Waals surface area contributed by atoms with E-state index in [-0.39, 0.29) is 11.5 Å². The van der Waals surface area contributed by atoms with Gasteiger partial charge in [-0.05, 0) is 65.2 Å². The molecule has 1 heterocycles. The summed E-state index contributed by atoms with van der Waals surface area (Å²) in [6.07, 6.45) is 1.70. The van der Waals surface area contributed by atoms with E-state index < -0.39 is 5.97 Å². The highest BCUT2D eigenvalue weighted by atomic mass is 35.5. The minimum Gasteiger partial charge on any atom is -0.497 e. The highest BCUT2D eigenvalue weighted by molar-refractivity contribution is 6.31. The predicted molar refractivity (Wildman–Crippen MR) is 131 cm³/mol. The van der Waals surface area contributed by atoms with Crippen molar-refractivity contribution in [2.24, 2.45) is 0 Å². The Hall–Kier alpha value is -4.10. The molecule has 0 aliphatic rings. The first-order chi connectivity index (χ1) is 16.4. The molecule has 1 amide bonds. The van der Waals surface area contributed by atoms with Gasteiger partial charge in [-0.3, -0.25) is 9.48 Å². The number of carbonyl (C=O) groups excluding carboxylic acids is 1. The summed E-state index contributed by atoms with van der Waals surface area (Å²) in [5.74, 6) is -0.514. The first-order valence-corrected chi connectivity index (χ1v) is 10.8. The molecular formula is C26H22ClN3O4. The molecular weight excluding hydrogens is 454 g/mol. The van der Waals surface area contributed by atoms with Gasteiger partial charge in [-0.1, -0.05) is 29.8 Å². The molecule has 0 atom stereocenters. The molecule has 3 aromatic carbocycles. The molecule has 0 aliphatic carbocycles. The van der Waals surface area contributed by atoms with Crippen LogP contribution in [0.4, 0.5) is 0 Å². The molecule has 0 fully saturated rings. The minimum absolute atomic E-state index is 0.218. The fourth-order valence-electron chi connectivity index (χ4n) is 3.78. The number of nitrogens with one attached hydrogen (secondary N) is 1. The summed E-state index contributed by atoms with van der Waals surface area (Å²) in [6, 6.07) is 19.5. The maximum Gasteiger partial charge on any atom is 0.335 e. The summed E-state index contributed by atoms with van der Waals surface area (Å²) >= 11 is 6.26. The number of hydrogen-bond donors (Lipinski definition) is 2. The summed E-state index contributed by atoms with van der Waals surface area (Å²) in [5.41, 5.74) is 4.98. The van der Waals surface area contributed by atoms with E-state index in [0.717, 1.165) is 27.9 Å². The van der Waals surface area contributed by atoms with E-state index in [2.05, 4.69) is 10.4 Å². The lowest BCUT2D eigenvalue weighted by atomic mass is 9.96. The van der Waals surface area contributed by atoms with Gasteiger partial charge in [0.25, 0.3) is 5.91 Å². The number of hydrogen-bond acceptors (Lipinski definition) is 4. The molecule has 172 valence electrons. The second-order valence-electron chi connectivity index (χ2n) is 7.60. The monoisotopic (exact) mass is 475 g/mol.